The van der Waals surface area contributed by atoms with Crippen LogP contribution in [-0.4, -0.2) is 18.6 Å². The van der Waals surface area contributed by atoms with E-state index in [1.165, 1.54) is 24.6 Å². The number of ether oxygens (including phenoxy) is 1. The topological polar surface area (TPSA) is 64.4 Å². The molecule has 2 bridgehead atoms. The smallest absolute Gasteiger partial charge is 0.387 e. The Bertz CT molecular complexity index is 619. The first-order valence-corrected chi connectivity index (χ1v) is 9.08. The number of amides is 1. The van der Waals surface area contributed by atoms with Crippen molar-refractivity contribution in [3.8, 4) is 5.75 Å². The molecule has 2 fully saturated rings. The number of fused-ring (bicyclic) bond motifs is 2. The van der Waals surface area contributed by atoms with Gasteiger partial charge in [0.2, 0.25) is 5.91 Å². The molecule has 2 atom stereocenters. The van der Waals surface area contributed by atoms with Gasteiger partial charge in [0.1, 0.15) is 5.75 Å². The summed E-state index contributed by atoms with van der Waals surface area (Å²) in [4.78, 5) is 12.6. The van der Waals surface area contributed by atoms with Gasteiger partial charge in [-0.05, 0) is 55.7 Å². The Kier molecular flexibility index (Phi) is 7.50. The van der Waals surface area contributed by atoms with Gasteiger partial charge in [-0.2, -0.15) is 8.78 Å². The van der Waals surface area contributed by atoms with E-state index in [4.69, 9.17) is 17.3 Å². The molecule has 1 amide bonds. The molecule has 3 N–H and O–H groups in total. The van der Waals surface area contributed by atoms with Gasteiger partial charge in [-0.1, -0.05) is 18.0 Å². The molecule has 1 aromatic carbocycles. The predicted octanol–water partition coefficient (Wildman–Crippen LogP) is 4.13. The lowest BCUT2D eigenvalue weighted by molar-refractivity contribution is -0.128. The van der Waals surface area contributed by atoms with E-state index in [0.717, 1.165) is 25.7 Å². The van der Waals surface area contributed by atoms with Crippen LogP contribution in [0.5, 0.6) is 5.75 Å². The van der Waals surface area contributed by atoms with Gasteiger partial charge in [-0.3, -0.25) is 4.79 Å². The third kappa shape index (κ3) is 4.99. The summed E-state index contributed by atoms with van der Waals surface area (Å²) in [7, 11) is 0. The molecule has 0 aliphatic heterocycles. The Morgan fingerprint density at radius 1 is 1.31 bits per heavy atom. The van der Waals surface area contributed by atoms with Crippen LogP contribution >= 0.6 is 24.0 Å². The van der Waals surface area contributed by atoms with Crippen molar-refractivity contribution in [1.29, 1.82) is 0 Å². The largest absolute Gasteiger partial charge is 0.434 e. The standard InChI is InChI=1S/C18H23ClF2N2O2.ClH/c19-14-4-5-15(25-18(20)21)13(8-14)9-23-17(24)12-6-10-2-1-3-11(7-12)16(10)22;/h4-5,8,10-12,16,18H,1-3,6-7,9,22H2,(H,23,24);1H. The Morgan fingerprint density at radius 3 is 2.58 bits per heavy atom. The average molecular weight is 409 g/mol. The minimum Gasteiger partial charge on any atom is -0.434 e. The maximum Gasteiger partial charge on any atom is 0.387 e. The van der Waals surface area contributed by atoms with E-state index in [9.17, 15) is 13.6 Å². The second-order valence-corrected chi connectivity index (χ2v) is 7.48. The fraction of sp³-hybridized carbons (Fsp3) is 0.611. The molecule has 0 saturated heterocycles. The van der Waals surface area contributed by atoms with Gasteiger partial charge >= 0.3 is 6.61 Å². The molecule has 146 valence electrons. The minimum atomic E-state index is -2.92. The van der Waals surface area contributed by atoms with Crippen LogP contribution in [0.15, 0.2) is 18.2 Å². The molecule has 8 heteroatoms. The van der Waals surface area contributed by atoms with Gasteiger partial charge in [-0.15, -0.1) is 12.4 Å². The molecule has 0 radical (unpaired) electrons. The zero-order valence-corrected chi connectivity index (χ0v) is 15.9. The maximum atomic E-state index is 12.6. The van der Waals surface area contributed by atoms with E-state index < -0.39 is 6.61 Å². The Hall–Kier alpha value is -1.11. The molecule has 1 aromatic rings. The lowest BCUT2D eigenvalue weighted by Gasteiger charge is -2.43. The van der Waals surface area contributed by atoms with Crippen LogP contribution in [0.25, 0.3) is 0 Å². The van der Waals surface area contributed by atoms with E-state index >= 15 is 0 Å². The molecular formula is C18H24Cl2F2N2O2. The van der Waals surface area contributed by atoms with Crippen molar-refractivity contribution in [1.82, 2.24) is 5.32 Å². The number of halogens is 4. The van der Waals surface area contributed by atoms with Gasteiger partial charge in [0, 0.05) is 29.1 Å². The summed E-state index contributed by atoms with van der Waals surface area (Å²) < 4.78 is 29.5. The number of nitrogens with two attached hydrogens (primary N) is 1. The zero-order valence-electron chi connectivity index (χ0n) is 14.3. The number of rotatable bonds is 5. The van der Waals surface area contributed by atoms with Crippen molar-refractivity contribution >= 4 is 29.9 Å². The van der Waals surface area contributed by atoms with Crippen molar-refractivity contribution in [2.24, 2.45) is 23.5 Å². The molecule has 0 heterocycles. The van der Waals surface area contributed by atoms with E-state index in [2.05, 4.69) is 10.1 Å². The third-order valence-electron chi connectivity index (χ3n) is 5.48. The first-order chi connectivity index (χ1) is 11.9. The second-order valence-electron chi connectivity index (χ2n) is 7.05. The quantitative estimate of drug-likeness (QED) is 0.769. The van der Waals surface area contributed by atoms with Crippen molar-refractivity contribution in [2.75, 3.05) is 0 Å². The monoisotopic (exact) mass is 408 g/mol. The van der Waals surface area contributed by atoms with Crippen molar-refractivity contribution in [2.45, 2.75) is 51.3 Å². The van der Waals surface area contributed by atoms with Crippen LogP contribution < -0.4 is 15.8 Å². The van der Waals surface area contributed by atoms with Crippen LogP contribution in [0.1, 0.15) is 37.7 Å². The molecule has 2 aliphatic rings. The van der Waals surface area contributed by atoms with E-state index in [-0.39, 0.29) is 42.6 Å². The second kappa shape index (κ2) is 9.20. The molecule has 26 heavy (non-hydrogen) atoms. The predicted molar refractivity (Wildman–Crippen MR) is 98.7 cm³/mol. The first kappa shape index (κ1) is 21.2. The van der Waals surface area contributed by atoms with Crippen LogP contribution in [0.4, 0.5) is 8.78 Å². The minimum absolute atomic E-state index is 0. The highest BCUT2D eigenvalue weighted by molar-refractivity contribution is 6.30. The molecule has 2 aliphatic carbocycles. The number of hydrogen-bond donors (Lipinski definition) is 2. The fourth-order valence-electron chi connectivity index (χ4n) is 4.23. The maximum absolute atomic E-state index is 12.6. The number of alkyl halides is 2. The summed E-state index contributed by atoms with van der Waals surface area (Å²) in [6, 6.07) is 4.61. The Labute approximate surface area is 163 Å². The highest BCUT2D eigenvalue weighted by atomic mass is 35.5. The number of benzene rings is 1. The van der Waals surface area contributed by atoms with Crippen molar-refractivity contribution in [3.63, 3.8) is 0 Å². The number of hydrogen-bond acceptors (Lipinski definition) is 3. The molecule has 4 nitrogen and oxygen atoms in total. The third-order valence-corrected chi connectivity index (χ3v) is 5.71. The van der Waals surface area contributed by atoms with Gasteiger partial charge in [0.15, 0.2) is 0 Å². The van der Waals surface area contributed by atoms with Gasteiger partial charge in [0.05, 0.1) is 0 Å². The highest BCUT2D eigenvalue weighted by Crippen LogP contribution is 2.42. The van der Waals surface area contributed by atoms with Gasteiger partial charge in [0.25, 0.3) is 0 Å². The molecule has 3 rings (SSSR count). The zero-order chi connectivity index (χ0) is 18.0. The Morgan fingerprint density at radius 2 is 1.96 bits per heavy atom. The summed E-state index contributed by atoms with van der Waals surface area (Å²) in [6.45, 7) is -2.81. The lowest BCUT2D eigenvalue weighted by atomic mass is 9.65. The highest BCUT2D eigenvalue weighted by Gasteiger charge is 2.40. The SMILES string of the molecule is Cl.NC1C2CCCC1CC(C(=O)NCc1cc(Cl)ccc1OC(F)F)C2. The summed E-state index contributed by atoms with van der Waals surface area (Å²) in [5, 5.41) is 3.26. The molecule has 2 saturated carbocycles. The van der Waals surface area contributed by atoms with Crippen LogP contribution in [0.3, 0.4) is 0 Å². The van der Waals surface area contributed by atoms with E-state index in [0.29, 0.717) is 22.4 Å². The Balaban J connectivity index is 0.00000243. The normalized spacial score (nSPS) is 27.6. The number of nitrogens with one attached hydrogen (secondary N) is 1. The molecule has 0 aromatic heterocycles. The lowest BCUT2D eigenvalue weighted by Crippen LogP contribution is -2.49. The van der Waals surface area contributed by atoms with Crippen molar-refractivity contribution < 1.29 is 18.3 Å². The fourth-order valence-corrected chi connectivity index (χ4v) is 4.42. The number of carbonyl (C=O) groups excluding carboxylic acids is 1. The van der Waals surface area contributed by atoms with Crippen LogP contribution in [0.2, 0.25) is 5.02 Å². The molecule has 2 unspecified atom stereocenters. The molecule has 0 spiro atoms. The summed E-state index contributed by atoms with van der Waals surface area (Å²) in [5.74, 6) is 0.738. The van der Waals surface area contributed by atoms with E-state index in [1.807, 2.05) is 0 Å². The van der Waals surface area contributed by atoms with Gasteiger partial charge < -0.3 is 15.8 Å². The summed E-state index contributed by atoms with van der Waals surface area (Å²) in [6.07, 6.45) is 4.97. The van der Waals surface area contributed by atoms with Crippen LogP contribution in [-0.2, 0) is 11.3 Å². The average Bonchev–Trinajstić information content (AvgIpc) is 2.54. The number of carbonyl (C=O) groups is 1. The van der Waals surface area contributed by atoms with Gasteiger partial charge in [-0.25, -0.2) is 0 Å². The van der Waals surface area contributed by atoms with E-state index in [1.54, 1.807) is 0 Å². The van der Waals surface area contributed by atoms with Crippen LogP contribution in [0, 0.1) is 17.8 Å². The summed E-state index contributed by atoms with van der Waals surface area (Å²) in [5.41, 5.74) is 6.70. The molecular weight excluding hydrogens is 385 g/mol. The van der Waals surface area contributed by atoms with Crippen molar-refractivity contribution in [3.05, 3.63) is 28.8 Å². The first-order valence-electron chi connectivity index (χ1n) is 8.70. The summed E-state index contributed by atoms with van der Waals surface area (Å²) >= 11 is 5.93.